The van der Waals surface area contributed by atoms with Gasteiger partial charge in [0.15, 0.2) is 0 Å². The lowest BCUT2D eigenvalue weighted by molar-refractivity contribution is -0.139. The first-order valence-electron chi connectivity index (χ1n) is 9.24. The summed E-state index contributed by atoms with van der Waals surface area (Å²) in [5, 5.41) is 0.298. The number of likely N-dealkylation sites (N-methyl/N-ethyl adjacent to an activating group) is 1. The van der Waals surface area contributed by atoms with Gasteiger partial charge in [-0.25, -0.2) is 9.18 Å². The van der Waals surface area contributed by atoms with E-state index in [1.807, 2.05) is 30.3 Å². The highest BCUT2D eigenvalue weighted by Crippen LogP contribution is 2.30. The molecule has 2 atom stereocenters. The number of fused-ring (bicyclic) bond motifs is 1. The van der Waals surface area contributed by atoms with Crippen LogP contribution in [0.4, 0.5) is 9.18 Å². The van der Waals surface area contributed by atoms with Gasteiger partial charge in [-0.3, -0.25) is 4.79 Å². The molecular weight excluding hydrogens is 381 g/mol. The number of amides is 3. The molecule has 0 N–H and O–H groups in total. The molecule has 7 heteroatoms. The van der Waals surface area contributed by atoms with Crippen molar-refractivity contribution in [3.63, 3.8) is 0 Å². The van der Waals surface area contributed by atoms with Crippen LogP contribution in [-0.4, -0.2) is 58.9 Å². The molecule has 2 aromatic carbocycles. The summed E-state index contributed by atoms with van der Waals surface area (Å²) in [6.07, 6.45) is 0.459. The summed E-state index contributed by atoms with van der Waals surface area (Å²) < 4.78 is 14.2. The topological polar surface area (TPSA) is 43.9 Å². The molecule has 146 valence electrons. The van der Waals surface area contributed by atoms with E-state index in [2.05, 4.69) is 0 Å². The van der Waals surface area contributed by atoms with Gasteiger partial charge in [-0.2, -0.15) is 0 Å². The van der Waals surface area contributed by atoms with Crippen molar-refractivity contribution in [2.75, 3.05) is 20.1 Å². The molecule has 28 heavy (non-hydrogen) atoms. The monoisotopic (exact) mass is 401 g/mol. The largest absolute Gasteiger partial charge is 0.342 e. The molecular formula is C21H21ClFN3O2. The minimum Gasteiger partial charge on any atom is -0.342 e. The van der Waals surface area contributed by atoms with E-state index >= 15 is 0 Å². The Hall–Kier alpha value is -2.60. The van der Waals surface area contributed by atoms with Crippen LogP contribution in [0.15, 0.2) is 48.5 Å². The van der Waals surface area contributed by atoms with E-state index in [1.165, 1.54) is 6.07 Å². The van der Waals surface area contributed by atoms with Crippen LogP contribution in [0.5, 0.6) is 0 Å². The first kappa shape index (κ1) is 18.7. The molecule has 0 saturated carbocycles. The highest BCUT2D eigenvalue weighted by Gasteiger charge is 2.48. The quantitative estimate of drug-likeness (QED) is 0.789. The number of rotatable bonds is 4. The summed E-state index contributed by atoms with van der Waals surface area (Å²) in [6, 6.07) is 13.2. The Bertz CT molecular complexity index is 888. The molecule has 2 aliphatic heterocycles. The van der Waals surface area contributed by atoms with Crippen LogP contribution in [0.1, 0.15) is 11.1 Å². The van der Waals surface area contributed by atoms with Crippen molar-refractivity contribution < 1.29 is 14.0 Å². The van der Waals surface area contributed by atoms with Crippen molar-refractivity contribution in [2.24, 2.45) is 0 Å². The zero-order chi connectivity index (χ0) is 19.8. The van der Waals surface area contributed by atoms with E-state index in [9.17, 15) is 14.0 Å². The summed E-state index contributed by atoms with van der Waals surface area (Å²) in [7, 11) is 1.76. The zero-order valence-electron chi connectivity index (χ0n) is 15.5. The number of hydrogen-bond acceptors (Lipinski definition) is 2. The molecule has 0 spiro atoms. The van der Waals surface area contributed by atoms with Crippen molar-refractivity contribution in [3.8, 4) is 0 Å². The molecule has 0 bridgehead atoms. The van der Waals surface area contributed by atoms with Gasteiger partial charge in [0.2, 0.25) is 5.91 Å². The fraction of sp³-hybridized carbons (Fsp3) is 0.333. The second-order valence-corrected chi connectivity index (χ2v) is 7.76. The molecule has 4 rings (SSSR count). The summed E-state index contributed by atoms with van der Waals surface area (Å²) in [6.45, 7) is 0.997. The molecule has 2 fully saturated rings. The predicted molar refractivity (Wildman–Crippen MR) is 104 cm³/mol. The van der Waals surface area contributed by atoms with Gasteiger partial charge >= 0.3 is 6.03 Å². The zero-order valence-corrected chi connectivity index (χ0v) is 16.3. The van der Waals surface area contributed by atoms with Gasteiger partial charge < -0.3 is 14.7 Å². The number of urea groups is 1. The highest BCUT2D eigenvalue weighted by atomic mass is 35.5. The number of benzene rings is 2. The Morgan fingerprint density at radius 3 is 2.54 bits per heavy atom. The van der Waals surface area contributed by atoms with E-state index in [0.717, 1.165) is 5.56 Å². The molecule has 2 aliphatic rings. The van der Waals surface area contributed by atoms with Crippen LogP contribution in [0, 0.1) is 5.82 Å². The lowest BCUT2D eigenvalue weighted by atomic mass is 9.99. The predicted octanol–water partition coefficient (Wildman–Crippen LogP) is 3.17. The minimum atomic E-state index is -0.556. The molecule has 0 aromatic heterocycles. The highest BCUT2D eigenvalue weighted by molar-refractivity contribution is 6.31. The van der Waals surface area contributed by atoms with Gasteiger partial charge in [-0.1, -0.05) is 48.0 Å². The number of carbonyl (C=O) groups excluding carboxylic acids is 2. The summed E-state index contributed by atoms with van der Waals surface area (Å²) in [4.78, 5) is 30.9. The van der Waals surface area contributed by atoms with Crippen LogP contribution < -0.4 is 0 Å². The lowest BCUT2D eigenvalue weighted by Gasteiger charge is -2.40. The van der Waals surface area contributed by atoms with Gasteiger partial charge in [-0.15, -0.1) is 0 Å². The Kier molecular flexibility index (Phi) is 4.98. The standard InChI is InChI=1S/C21H21ClFN3O2/c1-24-11-15-12-25(13-16-17(22)8-5-9-18(16)23)21(28)26(15)19(20(24)27)10-14-6-3-2-4-7-14/h2-9,15,19H,10-13H2,1H3/t15-,19+/m1/s1. The maximum atomic E-state index is 14.2. The second-order valence-electron chi connectivity index (χ2n) is 7.35. The van der Waals surface area contributed by atoms with Crippen molar-refractivity contribution in [2.45, 2.75) is 25.0 Å². The molecule has 2 aromatic rings. The van der Waals surface area contributed by atoms with Crippen molar-refractivity contribution in [1.82, 2.24) is 14.7 Å². The Morgan fingerprint density at radius 2 is 1.82 bits per heavy atom. The van der Waals surface area contributed by atoms with Gasteiger partial charge in [0.05, 0.1) is 12.6 Å². The van der Waals surface area contributed by atoms with Gasteiger partial charge in [0.25, 0.3) is 0 Å². The normalized spacial score (nSPS) is 22.0. The third kappa shape index (κ3) is 3.33. The Labute approximate surface area is 168 Å². The number of piperazine rings is 1. The van der Waals surface area contributed by atoms with Crippen LogP contribution in [0.3, 0.4) is 0 Å². The van der Waals surface area contributed by atoms with Gasteiger partial charge in [0.1, 0.15) is 11.9 Å². The molecule has 0 unspecified atom stereocenters. The smallest absolute Gasteiger partial charge is 0.321 e. The number of nitrogens with zero attached hydrogens (tertiary/aromatic N) is 3. The van der Waals surface area contributed by atoms with Crippen LogP contribution in [-0.2, 0) is 17.8 Å². The average Bonchev–Trinajstić information content (AvgIpc) is 2.98. The number of carbonyl (C=O) groups is 2. The maximum absolute atomic E-state index is 14.2. The molecule has 2 saturated heterocycles. The number of halogens is 2. The average molecular weight is 402 g/mol. The first-order valence-corrected chi connectivity index (χ1v) is 9.62. The molecule has 3 amide bonds. The SMILES string of the molecule is CN1C[C@@H]2CN(Cc3c(F)cccc3Cl)C(=O)N2[C@@H](Cc2ccccc2)C1=O. The number of hydrogen-bond donors (Lipinski definition) is 0. The van der Waals surface area contributed by atoms with Crippen molar-refractivity contribution >= 4 is 23.5 Å². The Balaban J connectivity index is 1.60. The molecule has 0 radical (unpaired) electrons. The van der Waals surface area contributed by atoms with Crippen LogP contribution in [0.25, 0.3) is 0 Å². The van der Waals surface area contributed by atoms with Crippen LogP contribution in [0.2, 0.25) is 5.02 Å². The van der Waals surface area contributed by atoms with Crippen molar-refractivity contribution in [1.29, 1.82) is 0 Å². The first-order chi connectivity index (χ1) is 13.5. The van der Waals surface area contributed by atoms with E-state index in [4.69, 9.17) is 11.6 Å². The molecule has 5 nitrogen and oxygen atoms in total. The molecule has 2 heterocycles. The fourth-order valence-corrected chi connectivity index (χ4v) is 4.31. The molecule has 0 aliphatic carbocycles. The van der Waals surface area contributed by atoms with E-state index < -0.39 is 11.9 Å². The van der Waals surface area contributed by atoms with Crippen molar-refractivity contribution in [3.05, 3.63) is 70.5 Å². The fourth-order valence-electron chi connectivity index (χ4n) is 4.08. The maximum Gasteiger partial charge on any atom is 0.321 e. The summed E-state index contributed by atoms with van der Waals surface area (Å²) in [5.74, 6) is -0.501. The van der Waals surface area contributed by atoms with E-state index in [-0.39, 0.29) is 24.5 Å². The third-order valence-electron chi connectivity index (χ3n) is 5.48. The third-order valence-corrected chi connectivity index (χ3v) is 5.83. The summed E-state index contributed by atoms with van der Waals surface area (Å²) in [5.41, 5.74) is 1.30. The lowest BCUT2D eigenvalue weighted by Crippen LogP contribution is -2.60. The summed E-state index contributed by atoms with van der Waals surface area (Å²) >= 11 is 6.14. The van der Waals surface area contributed by atoms with Gasteiger partial charge in [0, 0.05) is 37.1 Å². The van der Waals surface area contributed by atoms with E-state index in [0.29, 0.717) is 30.1 Å². The minimum absolute atomic E-state index is 0.0702. The Morgan fingerprint density at radius 1 is 1.07 bits per heavy atom. The van der Waals surface area contributed by atoms with Crippen LogP contribution >= 0.6 is 11.6 Å². The van der Waals surface area contributed by atoms with Gasteiger partial charge in [-0.05, 0) is 17.7 Å². The van der Waals surface area contributed by atoms with E-state index in [1.54, 1.807) is 33.9 Å². The second kappa shape index (κ2) is 7.43.